The van der Waals surface area contributed by atoms with Crippen LogP contribution in [-0.4, -0.2) is 18.5 Å². The van der Waals surface area contributed by atoms with Gasteiger partial charge in [-0.25, -0.2) is 0 Å². The third-order valence-electron chi connectivity index (χ3n) is 2.99. The Hall–Kier alpha value is -1.22. The van der Waals surface area contributed by atoms with Gasteiger partial charge in [0.1, 0.15) is 0 Å². The highest BCUT2D eigenvalue weighted by atomic mass is 35.5. The van der Waals surface area contributed by atoms with Crippen LogP contribution in [0.3, 0.4) is 0 Å². The number of rotatable bonds is 6. The molecule has 1 amide bonds. The first-order valence-corrected chi connectivity index (χ1v) is 6.74. The summed E-state index contributed by atoms with van der Waals surface area (Å²) < 4.78 is 0. The molecule has 0 aromatic heterocycles. The second kappa shape index (κ2) is 7.27. The van der Waals surface area contributed by atoms with Gasteiger partial charge >= 0.3 is 0 Å². The maximum absolute atomic E-state index is 11.7. The van der Waals surface area contributed by atoms with Crippen molar-refractivity contribution >= 4 is 23.2 Å². The van der Waals surface area contributed by atoms with E-state index >= 15 is 0 Å². The standard InChI is InChI=1S/C14H21ClN2O/c1-4-12(5-2)17-14(18)9-16-13-8-11(15)7-6-10(13)3/h6-8,12,16H,4-5,9H2,1-3H3,(H,17,18). The van der Waals surface area contributed by atoms with Gasteiger partial charge in [-0.1, -0.05) is 31.5 Å². The second-order valence-electron chi connectivity index (χ2n) is 4.39. The summed E-state index contributed by atoms with van der Waals surface area (Å²) in [6, 6.07) is 5.87. The Morgan fingerprint density at radius 3 is 2.61 bits per heavy atom. The van der Waals surface area contributed by atoms with Crippen molar-refractivity contribution < 1.29 is 4.79 Å². The molecular formula is C14H21ClN2O. The van der Waals surface area contributed by atoms with Gasteiger partial charge in [-0.05, 0) is 37.5 Å². The molecule has 0 aliphatic heterocycles. The number of nitrogens with one attached hydrogen (secondary N) is 2. The first-order valence-electron chi connectivity index (χ1n) is 6.36. The van der Waals surface area contributed by atoms with Crippen LogP contribution in [0, 0.1) is 6.92 Å². The van der Waals surface area contributed by atoms with E-state index in [1.807, 2.05) is 25.1 Å². The lowest BCUT2D eigenvalue weighted by Gasteiger charge is -2.16. The van der Waals surface area contributed by atoms with Crippen LogP contribution in [0.1, 0.15) is 32.3 Å². The molecule has 0 bridgehead atoms. The predicted molar refractivity (Wildman–Crippen MR) is 77.2 cm³/mol. The van der Waals surface area contributed by atoms with Gasteiger partial charge in [-0.15, -0.1) is 0 Å². The number of carbonyl (C=O) groups excluding carboxylic acids is 1. The first kappa shape index (κ1) is 14.8. The van der Waals surface area contributed by atoms with Gasteiger partial charge in [-0.2, -0.15) is 0 Å². The Morgan fingerprint density at radius 2 is 2.00 bits per heavy atom. The molecule has 0 aliphatic carbocycles. The largest absolute Gasteiger partial charge is 0.376 e. The van der Waals surface area contributed by atoms with E-state index in [2.05, 4.69) is 24.5 Å². The van der Waals surface area contributed by atoms with Crippen LogP contribution < -0.4 is 10.6 Å². The number of halogens is 1. The monoisotopic (exact) mass is 268 g/mol. The van der Waals surface area contributed by atoms with Crippen LogP contribution in [0.5, 0.6) is 0 Å². The average molecular weight is 269 g/mol. The summed E-state index contributed by atoms with van der Waals surface area (Å²) >= 11 is 5.92. The summed E-state index contributed by atoms with van der Waals surface area (Å²) in [5.74, 6) is 0.0167. The average Bonchev–Trinajstić information content (AvgIpc) is 2.37. The minimum atomic E-state index is 0.0167. The molecule has 0 spiro atoms. The lowest BCUT2D eigenvalue weighted by molar-refractivity contribution is -0.120. The van der Waals surface area contributed by atoms with E-state index in [0.29, 0.717) is 5.02 Å². The first-order chi connectivity index (χ1) is 8.56. The van der Waals surface area contributed by atoms with Gasteiger partial charge in [0.2, 0.25) is 5.91 Å². The number of anilines is 1. The molecule has 2 N–H and O–H groups in total. The summed E-state index contributed by atoms with van der Waals surface area (Å²) in [4.78, 5) is 11.7. The fraction of sp³-hybridized carbons (Fsp3) is 0.500. The number of benzene rings is 1. The van der Waals surface area contributed by atoms with Crippen LogP contribution in [0.25, 0.3) is 0 Å². The fourth-order valence-corrected chi connectivity index (χ4v) is 1.90. The Balaban J connectivity index is 2.49. The van der Waals surface area contributed by atoms with E-state index in [9.17, 15) is 4.79 Å². The molecule has 18 heavy (non-hydrogen) atoms. The Morgan fingerprint density at radius 1 is 1.33 bits per heavy atom. The van der Waals surface area contributed by atoms with E-state index in [1.54, 1.807) is 0 Å². The quantitative estimate of drug-likeness (QED) is 0.831. The fourth-order valence-electron chi connectivity index (χ4n) is 1.73. The van der Waals surface area contributed by atoms with Crippen LogP contribution in [0.4, 0.5) is 5.69 Å². The molecule has 3 nitrogen and oxygen atoms in total. The summed E-state index contributed by atoms with van der Waals surface area (Å²) in [7, 11) is 0. The zero-order chi connectivity index (χ0) is 13.5. The Kier molecular flexibility index (Phi) is 5.99. The topological polar surface area (TPSA) is 41.1 Å². The third kappa shape index (κ3) is 4.57. The Labute approximate surface area is 114 Å². The van der Waals surface area contributed by atoms with Gasteiger partial charge in [0.15, 0.2) is 0 Å². The summed E-state index contributed by atoms with van der Waals surface area (Å²) in [6.07, 6.45) is 1.91. The van der Waals surface area contributed by atoms with E-state index in [1.165, 1.54) is 0 Å². The van der Waals surface area contributed by atoms with Crippen molar-refractivity contribution in [1.29, 1.82) is 0 Å². The van der Waals surface area contributed by atoms with Gasteiger partial charge < -0.3 is 10.6 Å². The van der Waals surface area contributed by atoms with Crippen molar-refractivity contribution in [2.24, 2.45) is 0 Å². The molecule has 0 atom stereocenters. The zero-order valence-electron chi connectivity index (χ0n) is 11.2. The van der Waals surface area contributed by atoms with Crippen LogP contribution in [-0.2, 0) is 4.79 Å². The minimum Gasteiger partial charge on any atom is -0.376 e. The number of amides is 1. The van der Waals surface area contributed by atoms with Crippen LogP contribution in [0.2, 0.25) is 5.02 Å². The van der Waals surface area contributed by atoms with Gasteiger partial charge in [0.25, 0.3) is 0 Å². The molecule has 0 aliphatic rings. The number of carbonyl (C=O) groups is 1. The SMILES string of the molecule is CCC(CC)NC(=O)CNc1cc(Cl)ccc1C. The van der Waals surface area contributed by atoms with Crippen molar-refractivity contribution in [2.45, 2.75) is 39.7 Å². The van der Waals surface area contributed by atoms with E-state index < -0.39 is 0 Å². The van der Waals surface area contributed by atoms with Crippen molar-refractivity contribution in [3.63, 3.8) is 0 Å². The van der Waals surface area contributed by atoms with Gasteiger partial charge in [0.05, 0.1) is 6.54 Å². The molecule has 4 heteroatoms. The van der Waals surface area contributed by atoms with E-state index in [4.69, 9.17) is 11.6 Å². The predicted octanol–water partition coefficient (Wildman–Crippen LogP) is 3.37. The van der Waals surface area contributed by atoms with Crippen molar-refractivity contribution in [3.05, 3.63) is 28.8 Å². The molecular weight excluding hydrogens is 248 g/mol. The van der Waals surface area contributed by atoms with E-state index in [-0.39, 0.29) is 18.5 Å². The summed E-state index contributed by atoms with van der Waals surface area (Å²) in [5.41, 5.74) is 1.98. The molecule has 100 valence electrons. The second-order valence-corrected chi connectivity index (χ2v) is 4.83. The van der Waals surface area contributed by atoms with Gasteiger partial charge in [-0.3, -0.25) is 4.79 Å². The lowest BCUT2D eigenvalue weighted by Crippen LogP contribution is -2.37. The molecule has 1 aromatic rings. The third-order valence-corrected chi connectivity index (χ3v) is 3.22. The highest BCUT2D eigenvalue weighted by Gasteiger charge is 2.08. The van der Waals surface area contributed by atoms with Gasteiger partial charge in [0, 0.05) is 16.8 Å². The molecule has 0 fully saturated rings. The molecule has 0 saturated carbocycles. The zero-order valence-corrected chi connectivity index (χ0v) is 12.0. The number of hydrogen-bond acceptors (Lipinski definition) is 2. The van der Waals surface area contributed by atoms with Crippen LogP contribution >= 0.6 is 11.6 Å². The highest BCUT2D eigenvalue weighted by Crippen LogP contribution is 2.19. The summed E-state index contributed by atoms with van der Waals surface area (Å²) in [5, 5.41) is 6.77. The molecule has 0 heterocycles. The van der Waals surface area contributed by atoms with Crippen LogP contribution in [0.15, 0.2) is 18.2 Å². The summed E-state index contributed by atoms with van der Waals surface area (Å²) in [6.45, 7) is 6.40. The number of aryl methyl sites for hydroxylation is 1. The molecule has 0 saturated heterocycles. The molecule has 1 aromatic carbocycles. The highest BCUT2D eigenvalue weighted by molar-refractivity contribution is 6.30. The Bertz CT molecular complexity index is 403. The molecule has 1 rings (SSSR count). The normalized spacial score (nSPS) is 10.5. The molecule has 0 radical (unpaired) electrons. The maximum Gasteiger partial charge on any atom is 0.239 e. The van der Waals surface area contributed by atoms with E-state index in [0.717, 1.165) is 24.1 Å². The lowest BCUT2D eigenvalue weighted by atomic mass is 10.2. The minimum absolute atomic E-state index is 0.0167. The smallest absolute Gasteiger partial charge is 0.239 e. The van der Waals surface area contributed by atoms with Crippen molar-refractivity contribution in [3.8, 4) is 0 Å². The molecule has 0 unspecified atom stereocenters. The van der Waals surface area contributed by atoms with Crippen molar-refractivity contribution in [1.82, 2.24) is 5.32 Å². The maximum atomic E-state index is 11.7. The van der Waals surface area contributed by atoms with Crippen molar-refractivity contribution in [2.75, 3.05) is 11.9 Å². The number of hydrogen-bond donors (Lipinski definition) is 2.